The molecule has 3 rings (SSSR count). The first-order chi connectivity index (χ1) is 13.1. The number of amides is 1. The van der Waals surface area contributed by atoms with Gasteiger partial charge < -0.3 is 19.5 Å². The average molecular weight is 369 g/mol. The highest BCUT2D eigenvalue weighted by molar-refractivity contribution is 6.05. The fraction of sp³-hybridized carbons (Fsp3) is 0.333. The van der Waals surface area contributed by atoms with Crippen molar-refractivity contribution < 1.29 is 23.8 Å². The van der Waals surface area contributed by atoms with Gasteiger partial charge in [0.05, 0.1) is 18.8 Å². The number of anilines is 1. The molecule has 0 aliphatic carbocycles. The number of hydrogen-bond donors (Lipinski definition) is 1. The van der Waals surface area contributed by atoms with E-state index in [1.165, 1.54) is 7.11 Å². The molecule has 142 valence electrons. The van der Waals surface area contributed by atoms with E-state index >= 15 is 0 Å². The lowest BCUT2D eigenvalue weighted by atomic mass is 10.1. The van der Waals surface area contributed by atoms with Crippen LogP contribution < -0.4 is 10.1 Å². The van der Waals surface area contributed by atoms with E-state index in [9.17, 15) is 9.59 Å². The smallest absolute Gasteiger partial charge is 0.337 e. The normalized spacial score (nSPS) is 16.0. The lowest BCUT2D eigenvalue weighted by Gasteiger charge is -2.12. The maximum atomic E-state index is 12.5. The summed E-state index contributed by atoms with van der Waals surface area (Å²) >= 11 is 0. The van der Waals surface area contributed by atoms with Crippen molar-refractivity contribution in [3.8, 4) is 5.75 Å². The lowest BCUT2D eigenvalue weighted by Crippen LogP contribution is -2.16. The van der Waals surface area contributed by atoms with E-state index in [4.69, 9.17) is 14.2 Å². The highest BCUT2D eigenvalue weighted by Gasteiger charge is 2.16. The molecule has 1 atom stereocenters. The molecule has 0 spiro atoms. The van der Waals surface area contributed by atoms with Gasteiger partial charge in [-0.1, -0.05) is 6.07 Å². The van der Waals surface area contributed by atoms with Crippen LogP contribution in [-0.2, 0) is 9.47 Å². The molecule has 0 radical (unpaired) electrons. The maximum absolute atomic E-state index is 12.5. The van der Waals surface area contributed by atoms with E-state index in [1.807, 2.05) is 6.92 Å². The summed E-state index contributed by atoms with van der Waals surface area (Å²) in [6.45, 7) is 3.17. The third-order valence-corrected chi connectivity index (χ3v) is 4.48. The zero-order valence-corrected chi connectivity index (χ0v) is 15.5. The van der Waals surface area contributed by atoms with Gasteiger partial charge in [-0.25, -0.2) is 4.79 Å². The molecule has 2 aromatic rings. The highest BCUT2D eigenvalue weighted by atomic mass is 16.5. The molecule has 0 unspecified atom stereocenters. The zero-order valence-electron chi connectivity index (χ0n) is 15.5. The van der Waals surface area contributed by atoms with Crippen LogP contribution in [0.25, 0.3) is 0 Å². The van der Waals surface area contributed by atoms with Crippen LogP contribution in [0.3, 0.4) is 0 Å². The van der Waals surface area contributed by atoms with E-state index in [0.29, 0.717) is 29.2 Å². The van der Waals surface area contributed by atoms with Gasteiger partial charge in [0.25, 0.3) is 5.91 Å². The fourth-order valence-electron chi connectivity index (χ4n) is 2.86. The summed E-state index contributed by atoms with van der Waals surface area (Å²) in [4.78, 5) is 24.2. The minimum absolute atomic E-state index is 0.151. The van der Waals surface area contributed by atoms with Crippen molar-refractivity contribution in [2.75, 3.05) is 25.6 Å². The molecule has 1 aliphatic rings. The van der Waals surface area contributed by atoms with Crippen LogP contribution in [-0.4, -0.2) is 38.3 Å². The summed E-state index contributed by atoms with van der Waals surface area (Å²) in [5, 5.41) is 2.83. The van der Waals surface area contributed by atoms with Crippen LogP contribution in [0, 0.1) is 6.92 Å². The van der Waals surface area contributed by atoms with Gasteiger partial charge in [-0.05, 0) is 61.7 Å². The van der Waals surface area contributed by atoms with E-state index in [1.54, 1.807) is 42.5 Å². The molecule has 0 saturated carbocycles. The molecule has 1 amide bonds. The number of rotatable bonds is 6. The van der Waals surface area contributed by atoms with E-state index in [0.717, 1.165) is 25.0 Å². The van der Waals surface area contributed by atoms with Gasteiger partial charge in [-0.15, -0.1) is 0 Å². The van der Waals surface area contributed by atoms with Crippen LogP contribution in [0.15, 0.2) is 42.5 Å². The second kappa shape index (κ2) is 8.68. The second-order valence-electron chi connectivity index (χ2n) is 6.45. The number of esters is 1. The van der Waals surface area contributed by atoms with Crippen molar-refractivity contribution in [3.05, 3.63) is 59.2 Å². The Morgan fingerprint density at radius 1 is 1.15 bits per heavy atom. The summed E-state index contributed by atoms with van der Waals surface area (Å²) in [5.41, 5.74) is 2.31. The van der Waals surface area contributed by atoms with Crippen molar-refractivity contribution >= 4 is 17.6 Å². The Balaban J connectivity index is 1.63. The highest BCUT2D eigenvalue weighted by Crippen LogP contribution is 2.20. The van der Waals surface area contributed by atoms with Crippen molar-refractivity contribution in [2.45, 2.75) is 25.9 Å². The van der Waals surface area contributed by atoms with Crippen LogP contribution in [0.2, 0.25) is 0 Å². The number of carbonyl (C=O) groups is 2. The second-order valence-corrected chi connectivity index (χ2v) is 6.45. The first-order valence-corrected chi connectivity index (χ1v) is 8.91. The van der Waals surface area contributed by atoms with Crippen molar-refractivity contribution in [3.63, 3.8) is 0 Å². The molecule has 1 aliphatic heterocycles. The Kier molecular flexibility index (Phi) is 6.08. The minimum Gasteiger partial charge on any atom is -0.491 e. The SMILES string of the molecule is COC(=O)c1ccc(C)c(NC(=O)c2ccc(OC[C@@H]3CCCO3)cc2)c1. The molecule has 0 bridgehead atoms. The van der Waals surface area contributed by atoms with Gasteiger partial charge in [0.1, 0.15) is 12.4 Å². The van der Waals surface area contributed by atoms with Crippen molar-refractivity contribution in [1.82, 2.24) is 0 Å². The summed E-state index contributed by atoms with van der Waals surface area (Å²) in [7, 11) is 1.32. The third-order valence-electron chi connectivity index (χ3n) is 4.48. The van der Waals surface area contributed by atoms with Gasteiger partial charge in [0.2, 0.25) is 0 Å². The van der Waals surface area contributed by atoms with Gasteiger partial charge in [-0.3, -0.25) is 4.79 Å². The van der Waals surface area contributed by atoms with Gasteiger partial charge in [-0.2, -0.15) is 0 Å². The first-order valence-electron chi connectivity index (χ1n) is 8.91. The van der Waals surface area contributed by atoms with Gasteiger partial charge in [0, 0.05) is 17.9 Å². The number of nitrogens with one attached hydrogen (secondary N) is 1. The van der Waals surface area contributed by atoms with Crippen LogP contribution in [0.4, 0.5) is 5.69 Å². The van der Waals surface area contributed by atoms with E-state index < -0.39 is 5.97 Å². The number of ether oxygens (including phenoxy) is 3. The molecule has 27 heavy (non-hydrogen) atoms. The number of methoxy groups -OCH3 is 1. The minimum atomic E-state index is -0.446. The fourth-order valence-corrected chi connectivity index (χ4v) is 2.86. The Morgan fingerprint density at radius 3 is 2.56 bits per heavy atom. The predicted octanol–water partition coefficient (Wildman–Crippen LogP) is 3.59. The maximum Gasteiger partial charge on any atom is 0.337 e. The Labute approximate surface area is 158 Å². The number of carbonyl (C=O) groups excluding carboxylic acids is 2. The monoisotopic (exact) mass is 369 g/mol. The summed E-state index contributed by atoms with van der Waals surface area (Å²) < 4.78 is 16.0. The number of aryl methyl sites for hydroxylation is 1. The molecule has 6 nitrogen and oxygen atoms in total. The topological polar surface area (TPSA) is 73.9 Å². The Morgan fingerprint density at radius 2 is 1.89 bits per heavy atom. The average Bonchev–Trinajstić information content (AvgIpc) is 3.21. The molecular weight excluding hydrogens is 346 g/mol. The summed E-state index contributed by atoms with van der Waals surface area (Å²) in [6.07, 6.45) is 2.24. The van der Waals surface area contributed by atoms with Gasteiger partial charge in [0.15, 0.2) is 0 Å². The molecule has 1 heterocycles. The standard InChI is InChI=1S/C21H23NO5/c1-14-5-6-16(21(24)25-2)12-19(14)22-20(23)15-7-9-17(10-8-15)27-13-18-4-3-11-26-18/h5-10,12,18H,3-4,11,13H2,1-2H3,(H,22,23)/t18-/m0/s1. The van der Waals surface area contributed by atoms with Crippen molar-refractivity contribution in [1.29, 1.82) is 0 Å². The molecule has 2 aromatic carbocycles. The largest absolute Gasteiger partial charge is 0.491 e. The van der Waals surface area contributed by atoms with Crippen LogP contribution in [0.1, 0.15) is 39.1 Å². The number of benzene rings is 2. The quantitative estimate of drug-likeness (QED) is 0.788. The first kappa shape index (κ1) is 18.9. The molecule has 1 N–H and O–H groups in total. The molecular formula is C21H23NO5. The lowest BCUT2D eigenvalue weighted by molar-refractivity contribution is 0.0600. The number of hydrogen-bond acceptors (Lipinski definition) is 5. The van der Waals surface area contributed by atoms with Crippen molar-refractivity contribution in [2.24, 2.45) is 0 Å². The molecule has 1 saturated heterocycles. The van der Waals surface area contributed by atoms with Crippen LogP contribution in [0.5, 0.6) is 5.75 Å². The molecule has 0 aromatic heterocycles. The summed E-state index contributed by atoms with van der Waals surface area (Å²) in [5.74, 6) is -0.00467. The van der Waals surface area contributed by atoms with E-state index in [-0.39, 0.29) is 12.0 Å². The van der Waals surface area contributed by atoms with Gasteiger partial charge >= 0.3 is 5.97 Å². The van der Waals surface area contributed by atoms with E-state index in [2.05, 4.69) is 5.32 Å². The Hall–Kier alpha value is -2.86. The summed E-state index contributed by atoms with van der Waals surface area (Å²) in [6, 6.07) is 12.0. The molecule has 6 heteroatoms. The predicted molar refractivity (Wildman–Crippen MR) is 101 cm³/mol. The third kappa shape index (κ3) is 4.86. The molecule has 1 fully saturated rings. The zero-order chi connectivity index (χ0) is 19.2. The Bertz CT molecular complexity index is 810. The van der Waals surface area contributed by atoms with Crippen LogP contribution >= 0.6 is 0 Å².